The quantitative estimate of drug-likeness (QED) is 0.558. The summed E-state index contributed by atoms with van der Waals surface area (Å²) in [5, 5.41) is 16.4. The van der Waals surface area contributed by atoms with Gasteiger partial charge in [-0.05, 0) is 18.7 Å². The minimum atomic E-state index is -0.403. The Morgan fingerprint density at radius 2 is 2.24 bits per heavy atom. The average Bonchev–Trinajstić information content (AvgIpc) is 2.29. The molecule has 0 fully saturated rings. The molecule has 0 atom stereocenters. The van der Waals surface area contributed by atoms with Gasteiger partial charge in [0.15, 0.2) is 6.20 Å². The summed E-state index contributed by atoms with van der Waals surface area (Å²) in [7, 11) is 0. The van der Waals surface area contributed by atoms with Crippen LogP contribution in [0.3, 0.4) is 0 Å². The van der Waals surface area contributed by atoms with Gasteiger partial charge in [0.05, 0.1) is 6.61 Å². The first-order valence-corrected chi connectivity index (χ1v) is 5.33. The summed E-state index contributed by atoms with van der Waals surface area (Å²) >= 11 is 0. The van der Waals surface area contributed by atoms with Gasteiger partial charge < -0.3 is 9.84 Å². The van der Waals surface area contributed by atoms with Crippen molar-refractivity contribution >= 4 is 16.9 Å². The van der Waals surface area contributed by atoms with Crippen molar-refractivity contribution in [3.63, 3.8) is 0 Å². The number of rotatable bonds is 3. The fraction of sp³-hybridized carbons (Fsp3) is 0.250. The number of hydrogen-bond acceptors (Lipinski definition) is 4. The average molecular weight is 232 g/mol. The molecule has 88 valence electrons. The Bertz CT molecular complexity index is 554. The highest BCUT2D eigenvalue weighted by atomic mass is 16.5. The van der Waals surface area contributed by atoms with Gasteiger partial charge >= 0.3 is 5.97 Å². The molecule has 2 aromatic rings. The topological polar surface area (TPSA) is 66.1 Å². The predicted molar refractivity (Wildman–Crippen MR) is 58.0 cm³/mol. The summed E-state index contributed by atoms with van der Waals surface area (Å²) < 4.78 is 6.10. The first-order valence-electron chi connectivity index (χ1n) is 5.33. The third-order valence-electron chi connectivity index (χ3n) is 2.27. The van der Waals surface area contributed by atoms with E-state index in [-0.39, 0.29) is 12.3 Å². The molecular weight excluding hydrogens is 220 g/mol. The number of ether oxygens (including phenoxy) is 1. The molecule has 0 aliphatic rings. The summed E-state index contributed by atoms with van der Waals surface area (Å²) in [6.07, 6.45) is 1.30. The summed E-state index contributed by atoms with van der Waals surface area (Å²) in [5.41, 5.74) is 0.573. The number of hydrogen-bond donors (Lipinski definition) is 0. The van der Waals surface area contributed by atoms with E-state index in [1.165, 1.54) is 10.9 Å². The standard InChI is InChI=1S/C12H12N2O3/c1-2-17-12(16)8-14-7-11(15)9-5-3-4-6-10(9)13-14/h3-7H,2,8H2,1H3. The summed E-state index contributed by atoms with van der Waals surface area (Å²) in [4.78, 5) is 11.3. The number of aromatic nitrogens is 2. The van der Waals surface area contributed by atoms with E-state index in [1.54, 1.807) is 31.2 Å². The molecule has 2 rings (SSSR count). The summed E-state index contributed by atoms with van der Waals surface area (Å²) in [6.45, 7) is 2.00. The van der Waals surface area contributed by atoms with Crippen LogP contribution in [0.4, 0.5) is 0 Å². The lowest BCUT2D eigenvalue weighted by Gasteiger charge is -2.06. The third kappa shape index (κ3) is 2.50. The van der Waals surface area contributed by atoms with E-state index >= 15 is 0 Å². The molecule has 0 saturated heterocycles. The van der Waals surface area contributed by atoms with Crippen molar-refractivity contribution in [2.24, 2.45) is 0 Å². The highest BCUT2D eigenvalue weighted by Crippen LogP contribution is 2.16. The van der Waals surface area contributed by atoms with Gasteiger partial charge in [-0.3, -0.25) is 0 Å². The Balaban J connectivity index is 2.33. The van der Waals surface area contributed by atoms with E-state index in [2.05, 4.69) is 5.10 Å². The van der Waals surface area contributed by atoms with Crippen molar-refractivity contribution in [2.45, 2.75) is 13.5 Å². The highest BCUT2D eigenvalue weighted by molar-refractivity contribution is 5.82. The molecule has 5 nitrogen and oxygen atoms in total. The Morgan fingerprint density at radius 3 is 3.00 bits per heavy atom. The highest BCUT2D eigenvalue weighted by Gasteiger charge is 2.13. The zero-order valence-electron chi connectivity index (χ0n) is 9.42. The molecule has 1 aromatic carbocycles. The fourth-order valence-corrected chi connectivity index (χ4v) is 1.56. The zero-order valence-corrected chi connectivity index (χ0v) is 9.42. The second-order valence-corrected chi connectivity index (χ2v) is 3.51. The van der Waals surface area contributed by atoms with Gasteiger partial charge in [-0.1, -0.05) is 22.9 Å². The molecule has 0 N–H and O–H groups in total. The summed E-state index contributed by atoms with van der Waals surface area (Å²) in [5.74, 6) is -0.556. The molecule has 0 aliphatic heterocycles. The molecule has 0 saturated carbocycles. The first-order chi connectivity index (χ1) is 8.20. The monoisotopic (exact) mass is 232 g/mol. The van der Waals surface area contributed by atoms with Crippen molar-refractivity contribution in [1.29, 1.82) is 0 Å². The maximum Gasteiger partial charge on any atom is 0.375 e. The van der Waals surface area contributed by atoms with Crippen LogP contribution in [0.5, 0.6) is 5.75 Å². The second kappa shape index (κ2) is 4.78. The lowest BCUT2D eigenvalue weighted by atomic mass is 10.2. The van der Waals surface area contributed by atoms with Gasteiger partial charge in [-0.15, -0.1) is 0 Å². The molecule has 1 aromatic heterocycles. The molecule has 0 unspecified atom stereocenters. The van der Waals surface area contributed by atoms with E-state index < -0.39 is 5.97 Å². The van der Waals surface area contributed by atoms with Crippen molar-refractivity contribution in [3.8, 4) is 5.75 Å². The smallest absolute Gasteiger partial charge is 0.375 e. The number of carbonyl (C=O) groups is 1. The molecule has 0 aliphatic carbocycles. The van der Waals surface area contributed by atoms with Gasteiger partial charge in [-0.2, -0.15) is 0 Å². The van der Waals surface area contributed by atoms with E-state index in [9.17, 15) is 9.90 Å². The van der Waals surface area contributed by atoms with Gasteiger partial charge in [0, 0.05) is 10.5 Å². The normalized spacial score (nSPS) is 10.4. The zero-order chi connectivity index (χ0) is 12.3. The fourth-order valence-electron chi connectivity index (χ4n) is 1.56. The SMILES string of the molecule is CCOC(=O)C[n+]1cc([O-])c2ccccc2n1. The maximum atomic E-state index is 11.7. The molecule has 0 amide bonds. The molecule has 0 spiro atoms. The van der Waals surface area contributed by atoms with Crippen LogP contribution >= 0.6 is 0 Å². The van der Waals surface area contributed by atoms with E-state index in [4.69, 9.17) is 4.74 Å². The third-order valence-corrected chi connectivity index (χ3v) is 2.27. The van der Waals surface area contributed by atoms with Gasteiger partial charge in [0.2, 0.25) is 0 Å². The largest absolute Gasteiger partial charge is 0.868 e. The molecule has 1 heterocycles. The van der Waals surface area contributed by atoms with Crippen molar-refractivity contribution in [1.82, 2.24) is 5.10 Å². The van der Waals surface area contributed by atoms with Crippen LogP contribution < -0.4 is 9.79 Å². The van der Waals surface area contributed by atoms with Gasteiger partial charge in [0.1, 0.15) is 5.52 Å². The summed E-state index contributed by atoms with van der Waals surface area (Å²) in [6, 6.07) is 7.02. The first kappa shape index (κ1) is 11.3. The Labute approximate surface area is 98.3 Å². The minimum Gasteiger partial charge on any atom is -0.868 e. The molecule has 17 heavy (non-hydrogen) atoms. The van der Waals surface area contributed by atoms with Crippen molar-refractivity contribution in [3.05, 3.63) is 30.5 Å². The number of fused-ring (bicyclic) bond motifs is 1. The number of benzene rings is 1. The Morgan fingerprint density at radius 1 is 1.47 bits per heavy atom. The van der Waals surface area contributed by atoms with Gasteiger partial charge in [0.25, 0.3) is 6.54 Å². The van der Waals surface area contributed by atoms with Crippen LogP contribution in [0, 0.1) is 0 Å². The van der Waals surface area contributed by atoms with Crippen LogP contribution in [-0.2, 0) is 16.1 Å². The molecule has 0 bridgehead atoms. The van der Waals surface area contributed by atoms with Crippen LogP contribution in [-0.4, -0.2) is 17.7 Å². The van der Waals surface area contributed by atoms with Crippen LogP contribution in [0.1, 0.15) is 6.92 Å². The second-order valence-electron chi connectivity index (χ2n) is 3.51. The number of nitrogens with zero attached hydrogens (tertiary/aromatic N) is 2. The Hall–Kier alpha value is -2.17. The van der Waals surface area contributed by atoms with Crippen molar-refractivity contribution < 1.29 is 19.3 Å². The molecule has 5 heteroatoms. The number of esters is 1. The predicted octanol–water partition coefficient (Wildman–Crippen LogP) is 0.159. The van der Waals surface area contributed by atoms with E-state index in [0.717, 1.165) is 0 Å². The maximum absolute atomic E-state index is 11.7. The Kier molecular flexibility index (Phi) is 3.18. The van der Waals surface area contributed by atoms with E-state index in [0.29, 0.717) is 17.5 Å². The number of carbonyl (C=O) groups excluding carboxylic acids is 1. The lowest BCUT2D eigenvalue weighted by Crippen LogP contribution is -2.42. The minimum absolute atomic E-state index is 0.0477. The lowest BCUT2D eigenvalue weighted by molar-refractivity contribution is -0.743. The van der Waals surface area contributed by atoms with Crippen LogP contribution in [0.15, 0.2) is 30.5 Å². The molecule has 0 radical (unpaired) electrons. The van der Waals surface area contributed by atoms with Crippen molar-refractivity contribution in [2.75, 3.05) is 6.61 Å². The van der Waals surface area contributed by atoms with Crippen LogP contribution in [0.25, 0.3) is 10.9 Å². The van der Waals surface area contributed by atoms with E-state index in [1.807, 2.05) is 0 Å². The van der Waals surface area contributed by atoms with Crippen LogP contribution in [0.2, 0.25) is 0 Å². The molecular formula is C12H12N2O3. The van der Waals surface area contributed by atoms with Gasteiger partial charge in [-0.25, -0.2) is 4.79 Å².